The van der Waals surface area contributed by atoms with Crippen LogP contribution in [0.1, 0.15) is 26.2 Å². The molecule has 3 amide bonds. The first kappa shape index (κ1) is 13.9. The summed E-state index contributed by atoms with van der Waals surface area (Å²) in [5, 5.41) is 13.9. The largest absolute Gasteiger partial charge is 0.395 e. The number of amides is 3. The number of nitrogens with one attached hydrogen (secondary N) is 2. The number of rotatable bonds is 5. The van der Waals surface area contributed by atoms with Crippen LogP contribution < -0.4 is 10.6 Å². The number of hydrogen-bond acceptors (Lipinski definition) is 4. The third-order valence-corrected chi connectivity index (χ3v) is 2.85. The molecule has 0 aromatic carbocycles. The normalized spacial score (nSPS) is 20.2. The van der Waals surface area contributed by atoms with E-state index < -0.39 is 6.03 Å². The van der Waals surface area contributed by atoms with Crippen LogP contribution in [0.3, 0.4) is 0 Å². The molecule has 0 bridgehead atoms. The minimum Gasteiger partial charge on any atom is -0.395 e. The lowest BCUT2D eigenvalue weighted by atomic mass is 10.2. The minimum absolute atomic E-state index is 0.0550. The lowest BCUT2D eigenvalue weighted by Gasteiger charge is -2.21. The van der Waals surface area contributed by atoms with Gasteiger partial charge >= 0.3 is 6.03 Å². The van der Waals surface area contributed by atoms with Gasteiger partial charge in [0.25, 0.3) is 0 Å². The van der Waals surface area contributed by atoms with Crippen molar-refractivity contribution >= 4 is 11.9 Å². The number of aliphatic hydroxyl groups is 1. The molecule has 0 saturated carbocycles. The number of hydrogen-bond donors (Lipinski definition) is 3. The van der Waals surface area contributed by atoms with Crippen molar-refractivity contribution < 1.29 is 14.7 Å². The van der Waals surface area contributed by atoms with Gasteiger partial charge in [-0.05, 0) is 25.8 Å². The van der Waals surface area contributed by atoms with Crippen LogP contribution in [0.5, 0.6) is 0 Å². The molecule has 6 heteroatoms. The number of imide groups is 1. The zero-order valence-electron chi connectivity index (χ0n) is 10.2. The van der Waals surface area contributed by atoms with E-state index in [0.717, 1.165) is 25.8 Å². The molecule has 0 unspecified atom stereocenters. The number of urea groups is 1. The van der Waals surface area contributed by atoms with Crippen LogP contribution in [-0.2, 0) is 4.79 Å². The maximum atomic E-state index is 11.5. The molecular formula is C11H21N3O3. The van der Waals surface area contributed by atoms with Gasteiger partial charge in [-0.25, -0.2) is 4.79 Å². The van der Waals surface area contributed by atoms with Crippen LogP contribution in [0, 0.1) is 0 Å². The second kappa shape index (κ2) is 7.24. The monoisotopic (exact) mass is 243 g/mol. The molecule has 1 rings (SSSR count). The van der Waals surface area contributed by atoms with Gasteiger partial charge in [-0.15, -0.1) is 0 Å². The summed E-state index contributed by atoms with van der Waals surface area (Å²) in [5.74, 6) is -0.320. The molecule has 98 valence electrons. The molecule has 3 N–H and O–H groups in total. The Morgan fingerprint density at radius 2 is 2.24 bits per heavy atom. The predicted octanol–water partition coefficient (Wildman–Crippen LogP) is -0.321. The van der Waals surface area contributed by atoms with E-state index in [-0.39, 0.29) is 25.1 Å². The molecule has 6 nitrogen and oxygen atoms in total. The molecular weight excluding hydrogens is 222 g/mol. The van der Waals surface area contributed by atoms with Gasteiger partial charge < -0.3 is 10.4 Å². The highest BCUT2D eigenvalue weighted by atomic mass is 16.3. The zero-order valence-corrected chi connectivity index (χ0v) is 10.2. The summed E-state index contributed by atoms with van der Waals surface area (Å²) in [4.78, 5) is 24.7. The Bertz CT molecular complexity index is 271. The molecule has 0 spiro atoms. The number of aliphatic hydroxyl groups excluding tert-OH is 1. The molecule has 1 fully saturated rings. The van der Waals surface area contributed by atoms with Crippen LogP contribution in [-0.4, -0.2) is 54.2 Å². The molecule has 1 heterocycles. The molecule has 0 aromatic rings. The fourth-order valence-electron chi connectivity index (χ4n) is 1.94. The van der Waals surface area contributed by atoms with Crippen LogP contribution in [0.25, 0.3) is 0 Å². The van der Waals surface area contributed by atoms with E-state index >= 15 is 0 Å². The minimum atomic E-state index is -0.448. The summed E-state index contributed by atoms with van der Waals surface area (Å²) < 4.78 is 0. The number of carbonyl (C=O) groups is 2. The van der Waals surface area contributed by atoms with Crippen molar-refractivity contribution in [3.05, 3.63) is 0 Å². The highest BCUT2D eigenvalue weighted by Gasteiger charge is 2.25. The smallest absolute Gasteiger partial charge is 0.321 e. The van der Waals surface area contributed by atoms with E-state index in [2.05, 4.69) is 10.6 Å². The van der Waals surface area contributed by atoms with Crippen molar-refractivity contribution in [1.82, 2.24) is 15.5 Å². The maximum Gasteiger partial charge on any atom is 0.321 e. The summed E-state index contributed by atoms with van der Waals surface area (Å²) in [7, 11) is 0. The van der Waals surface area contributed by atoms with Crippen molar-refractivity contribution in [2.24, 2.45) is 0 Å². The first-order valence-corrected chi connectivity index (χ1v) is 6.10. The molecule has 0 aliphatic carbocycles. The molecule has 17 heavy (non-hydrogen) atoms. The second-order valence-corrected chi connectivity index (χ2v) is 4.25. The summed E-state index contributed by atoms with van der Waals surface area (Å²) in [6.07, 6.45) is 2.73. The van der Waals surface area contributed by atoms with Gasteiger partial charge in [-0.3, -0.25) is 15.0 Å². The number of likely N-dealkylation sites (tertiary alicyclic amines) is 1. The van der Waals surface area contributed by atoms with Gasteiger partial charge in [0, 0.05) is 12.6 Å². The van der Waals surface area contributed by atoms with Crippen molar-refractivity contribution in [2.75, 3.05) is 26.2 Å². The van der Waals surface area contributed by atoms with Gasteiger partial charge in [0.15, 0.2) is 0 Å². The predicted molar refractivity (Wildman–Crippen MR) is 63.5 cm³/mol. The maximum absolute atomic E-state index is 11.5. The Morgan fingerprint density at radius 3 is 2.88 bits per heavy atom. The Kier molecular flexibility index (Phi) is 5.93. The Balaban J connectivity index is 2.26. The molecule has 0 aromatic heterocycles. The Hall–Kier alpha value is -1.14. The van der Waals surface area contributed by atoms with Crippen molar-refractivity contribution in [3.8, 4) is 0 Å². The van der Waals surface area contributed by atoms with Crippen LogP contribution >= 0.6 is 0 Å². The SMILES string of the molecule is CCCNC(=O)NC(=O)CN1CCC[C@@H]1CO. The Morgan fingerprint density at radius 1 is 1.47 bits per heavy atom. The number of nitrogens with zero attached hydrogens (tertiary/aromatic N) is 1. The average molecular weight is 243 g/mol. The standard InChI is InChI=1S/C11H21N3O3/c1-2-5-12-11(17)13-10(16)7-14-6-3-4-9(14)8-15/h9,15H,2-8H2,1H3,(H2,12,13,16,17)/t9-/m1/s1. The van der Waals surface area contributed by atoms with E-state index in [1.54, 1.807) is 0 Å². The van der Waals surface area contributed by atoms with Crippen molar-refractivity contribution in [2.45, 2.75) is 32.2 Å². The van der Waals surface area contributed by atoms with E-state index in [1.165, 1.54) is 0 Å². The summed E-state index contributed by atoms with van der Waals surface area (Å²) >= 11 is 0. The van der Waals surface area contributed by atoms with Gasteiger partial charge in [0.05, 0.1) is 13.2 Å². The Labute approximate surface area is 101 Å². The molecule has 1 atom stereocenters. The third kappa shape index (κ3) is 4.70. The topological polar surface area (TPSA) is 81.7 Å². The lowest BCUT2D eigenvalue weighted by molar-refractivity contribution is -0.121. The van der Waals surface area contributed by atoms with Crippen LogP contribution in [0.2, 0.25) is 0 Å². The molecule has 1 aliphatic heterocycles. The van der Waals surface area contributed by atoms with E-state index in [9.17, 15) is 9.59 Å². The zero-order chi connectivity index (χ0) is 12.7. The van der Waals surface area contributed by atoms with Gasteiger partial charge in [-0.2, -0.15) is 0 Å². The van der Waals surface area contributed by atoms with Gasteiger partial charge in [-0.1, -0.05) is 6.92 Å². The van der Waals surface area contributed by atoms with Gasteiger partial charge in [0.2, 0.25) is 5.91 Å². The van der Waals surface area contributed by atoms with Crippen LogP contribution in [0.4, 0.5) is 4.79 Å². The van der Waals surface area contributed by atoms with Crippen LogP contribution in [0.15, 0.2) is 0 Å². The van der Waals surface area contributed by atoms with E-state index in [4.69, 9.17) is 5.11 Å². The highest BCUT2D eigenvalue weighted by molar-refractivity contribution is 5.95. The van der Waals surface area contributed by atoms with Crippen molar-refractivity contribution in [1.29, 1.82) is 0 Å². The summed E-state index contributed by atoms with van der Waals surface area (Å²) in [5.41, 5.74) is 0. The van der Waals surface area contributed by atoms with Crippen molar-refractivity contribution in [3.63, 3.8) is 0 Å². The molecule has 1 saturated heterocycles. The first-order valence-electron chi connectivity index (χ1n) is 6.10. The van der Waals surface area contributed by atoms with E-state index in [1.807, 2.05) is 11.8 Å². The molecule has 0 radical (unpaired) electrons. The fraction of sp³-hybridized carbons (Fsp3) is 0.818. The number of carbonyl (C=O) groups excluding carboxylic acids is 2. The summed E-state index contributed by atoms with van der Waals surface area (Å²) in [6.45, 7) is 3.54. The third-order valence-electron chi connectivity index (χ3n) is 2.85. The first-order chi connectivity index (χ1) is 8.17. The summed E-state index contributed by atoms with van der Waals surface area (Å²) in [6, 6.07) is -0.393. The fourth-order valence-corrected chi connectivity index (χ4v) is 1.94. The second-order valence-electron chi connectivity index (χ2n) is 4.25. The lowest BCUT2D eigenvalue weighted by Crippen LogP contribution is -2.46. The van der Waals surface area contributed by atoms with Gasteiger partial charge in [0.1, 0.15) is 0 Å². The molecule has 1 aliphatic rings. The quantitative estimate of drug-likeness (QED) is 0.618. The average Bonchev–Trinajstić information content (AvgIpc) is 2.73. The van der Waals surface area contributed by atoms with E-state index in [0.29, 0.717) is 6.54 Å². The highest BCUT2D eigenvalue weighted by Crippen LogP contribution is 2.15.